The van der Waals surface area contributed by atoms with Crippen LogP contribution in [-0.2, 0) is 6.42 Å². The topological polar surface area (TPSA) is 18.5 Å². The van der Waals surface area contributed by atoms with E-state index >= 15 is 0 Å². The van der Waals surface area contributed by atoms with Gasteiger partial charge in [-0.3, -0.25) is 4.90 Å². The molecular formula is C16H25N3. The van der Waals surface area contributed by atoms with Gasteiger partial charge < -0.3 is 10.2 Å². The Labute approximate surface area is 116 Å². The van der Waals surface area contributed by atoms with E-state index in [9.17, 15) is 0 Å². The highest BCUT2D eigenvalue weighted by Crippen LogP contribution is 2.30. The molecule has 2 unspecified atom stereocenters. The zero-order chi connectivity index (χ0) is 13.2. The minimum absolute atomic E-state index is 0.567. The maximum atomic E-state index is 3.79. The van der Waals surface area contributed by atoms with Gasteiger partial charge in [0.2, 0.25) is 0 Å². The maximum Gasteiger partial charge on any atom is 0.0345 e. The first-order chi connectivity index (χ1) is 9.24. The van der Waals surface area contributed by atoms with Gasteiger partial charge in [-0.15, -0.1) is 0 Å². The molecule has 2 aliphatic rings. The number of hydrogen-bond donors (Lipinski definition) is 1. The lowest BCUT2D eigenvalue weighted by Gasteiger charge is -2.38. The Kier molecular flexibility index (Phi) is 3.87. The van der Waals surface area contributed by atoms with Gasteiger partial charge in [0.1, 0.15) is 0 Å². The molecule has 2 atom stereocenters. The summed E-state index contributed by atoms with van der Waals surface area (Å²) in [5.41, 5.74) is 3.06. The summed E-state index contributed by atoms with van der Waals surface area (Å²) in [5.74, 6) is 0. The van der Waals surface area contributed by atoms with Crippen molar-refractivity contribution in [3.05, 3.63) is 35.4 Å². The molecular weight excluding hydrogens is 234 g/mol. The second-order valence-electron chi connectivity index (χ2n) is 6.09. The van der Waals surface area contributed by atoms with Crippen molar-refractivity contribution >= 4 is 0 Å². The van der Waals surface area contributed by atoms with E-state index in [0.717, 1.165) is 6.54 Å². The van der Waals surface area contributed by atoms with Crippen molar-refractivity contribution in [3.63, 3.8) is 0 Å². The fourth-order valence-corrected chi connectivity index (χ4v) is 3.37. The van der Waals surface area contributed by atoms with Crippen LogP contribution in [0.15, 0.2) is 24.3 Å². The van der Waals surface area contributed by atoms with Crippen LogP contribution in [0.4, 0.5) is 0 Å². The van der Waals surface area contributed by atoms with Crippen LogP contribution >= 0.6 is 0 Å². The highest BCUT2D eigenvalue weighted by molar-refractivity contribution is 5.34. The molecule has 1 aliphatic carbocycles. The molecule has 1 heterocycles. The Hall–Kier alpha value is -0.900. The van der Waals surface area contributed by atoms with Gasteiger partial charge in [-0.1, -0.05) is 24.3 Å². The first-order valence-corrected chi connectivity index (χ1v) is 7.44. The van der Waals surface area contributed by atoms with E-state index in [0.29, 0.717) is 12.1 Å². The molecule has 0 spiro atoms. The Morgan fingerprint density at radius 2 is 2.05 bits per heavy atom. The molecule has 0 aromatic heterocycles. The lowest BCUT2D eigenvalue weighted by atomic mass is 10.1. The average Bonchev–Trinajstić information content (AvgIpc) is 2.83. The number of piperazine rings is 1. The third-order valence-electron chi connectivity index (χ3n) is 4.71. The fraction of sp³-hybridized carbons (Fsp3) is 0.625. The summed E-state index contributed by atoms with van der Waals surface area (Å²) in [6.07, 6.45) is 2.49. The molecule has 0 radical (unpaired) electrons. The van der Waals surface area contributed by atoms with Gasteiger partial charge in [-0.25, -0.2) is 0 Å². The minimum atomic E-state index is 0.567. The molecule has 1 aliphatic heterocycles. The monoisotopic (exact) mass is 259 g/mol. The molecule has 1 aromatic rings. The highest BCUT2D eigenvalue weighted by atomic mass is 15.3. The van der Waals surface area contributed by atoms with Crippen molar-refractivity contribution in [2.75, 3.05) is 40.3 Å². The Morgan fingerprint density at radius 3 is 2.95 bits per heavy atom. The van der Waals surface area contributed by atoms with Crippen molar-refractivity contribution in [1.29, 1.82) is 0 Å². The molecule has 1 N–H and O–H groups in total. The molecule has 1 saturated heterocycles. The first kappa shape index (κ1) is 13.1. The van der Waals surface area contributed by atoms with Crippen LogP contribution in [0.1, 0.15) is 23.6 Å². The molecule has 104 valence electrons. The second-order valence-corrected chi connectivity index (χ2v) is 6.09. The van der Waals surface area contributed by atoms with Crippen LogP contribution in [0.5, 0.6) is 0 Å². The standard InChI is InChI=1S/C16H25N3/c1-18-9-10-19(2)14(12-18)11-17-16-8-7-13-5-3-4-6-15(13)16/h3-6,14,16-17H,7-12H2,1-2H3. The summed E-state index contributed by atoms with van der Waals surface area (Å²) in [4.78, 5) is 4.93. The van der Waals surface area contributed by atoms with Crippen molar-refractivity contribution < 1.29 is 0 Å². The zero-order valence-corrected chi connectivity index (χ0v) is 12.1. The normalized spacial score (nSPS) is 28.5. The number of hydrogen-bond acceptors (Lipinski definition) is 3. The Bertz CT molecular complexity index is 432. The van der Waals surface area contributed by atoms with Gasteiger partial charge in [0.05, 0.1) is 0 Å². The van der Waals surface area contributed by atoms with Crippen LogP contribution in [0.25, 0.3) is 0 Å². The third-order valence-corrected chi connectivity index (χ3v) is 4.71. The SMILES string of the molecule is CN1CCN(C)C(CNC2CCc3ccccc32)C1. The van der Waals surface area contributed by atoms with E-state index in [1.807, 2.05) is 0 Å². The zero-order valence-electron chi connectivity index (χ0n) is 12.1. The van der Waals surface area contributed by atoms with E-state index in [1.54, 1.807) is 0 Å². The number of benzene rings is 1. The maximum absolute atomic E-state index is 3.79. The lowest BCUT2D eigenvalue weighted by Crippen LogP contribution is -2.54. The fourth-order valence-electron chi connectivity index (χ4n) is 3.37. The molecule has 3 nitrogen and oxygen atoms in total. The lowest BCUT2D eigenvalue weighted by molar-refractivity contribution is 0.111. The summed E-state index contributed by atoms with van der Waals surface area (Å²) < 4.78 is 0. The summed E-state index contributed by atoms with van der Waals surface area (Å²) in [6, 6.07) is 10.1. The number of rotatable bonds is 3. The van der Waals surface area contributed by atoms with E-state index in [-0.39, 0.29) is 0 Å². The van der Waals surface area contributed by atoms with Crippen LogP contribution in [0, 0.1) is 0 Å². The van der Waals surface area contributed by atoms with Gasteiger partial charge in [-0.2, -0.15) is 0 Å². The van der Waals surface area contributed by atoms with Gasteiger partial charge in [0.25, 0.3) is 0 Å². The number of fused-ring (bicyclic) bond motifs is 1. The Balaban J connectivity index is 1.58. The number of likely N-dealkylation sites (N-methyl/N-ethyl adjacent to an activating group) is 2. The smallest absolute Gasteiger partial charge is 0.0345 e. The van der Waals surface area contributed by atoms with E-state index < -0.39 is 0 Å². The first-order valence-electron chi connectivity index (χ1n) is 7.44. The molecule has 0 bridgehead atoms. The van der Waals surface area contributed by atoms with E-state index in [4.69, 9.17) is 0 Å². The van der Waals surface area contributed by atoms with Gasteiger partial charge in [0.15, 0.2) is 0 Å². The summed E-state index contributed by atoms with van der Waals surface area (Å²) in [6.45, 7) is 4.65. The van der Waals surface area contributed by atoms with E-state index in [2.05, 4.69) is 53.5 Å². The van der Waals surface area contributed by atoms with Gasteiger partial charge in [-0.05, 0) is 38.1 Å². The molecule has 19 heavy (non-hydrogen) atoms. The number of nitrogens with zero attached hydrogens (tertiary/aromatic N) is 2. The quantitative estimate of drug-likeness (QED) is 0.888. The molecule has 1 fully saturated rings. The van der Waals surface area contributed by atoms with Crippen molar-refractivity contribution in [1.82, 2.24) is 15.1 Å². The molecule has 3 heteroatoms. The minimum Gasteiger partial charge on any atom is -0.308 e. The summed E-state index contributed by atoms with van der Waals surface area (Å²) >= 11 is 0. The van der Waals surface area contributed by atoms with Crippen LogP contribution in [0.3, 0.4) is 0 Å². The molecule has 0 amide bonds. The van der Waals surface area contributed by atoms with Crippen molar-refractivity contribution in [3.8, 4) is 0 Å². The molecule has 0 saturated carbocycles. The predicted molar refractivity (Wildman–Crippen MR) is 79.4 cm³/mol. The Morgan fingerprint density at radius 1 is 1.21 bits per heavy atom. The largest absolute Gasteiger partial charge is 0.308 e. The van der Waals surface area contributed by atoms with Crippen molar-refractivity contribution in [2.24, 2.45) is 0 Å². The third kappa shape index (κ3) is 2.83. The number of aryl methyl sites for hydroxylation is 1. The molecule has 1 aromatic carbocycles. The second kappa shape index (κ2) is 5.61. The van der Waals surface area contributed by atoms with Gasteiger partial charge in [0, 0.05) is 38.3 Å². The average molecular weight is 259 g/mol. The van der Waals surface area contributed by atoms with Crippen molar-refractivity contribution in [2.45, 2.75) is 24.9 Å². The summed E-state index contributed by atoms with van der Waals surface area (Å²) in [5, 5.41) is 3.79. The highest BCUT2D eigenvalue weighted by Gasteiger charge is 2.25. The number of nitrogens with one attached hydrogen (secondary N) is 1. The summed E-state index contributed by atoms with van der Waals surface area (Å²) in [7, 11) is 4.48. The van der Waals surface area contributed by atoms with Crippen LogP contribution in [0.2, 0.25) is 0 Å². The van der Waals surface area contributed by atoms with E-state index in [1.165, 1.54) is 43.6 Å². The molecule has 3 rings (SSSR count). The van der Waals surface area contributed by atoms with Crippen LogP contribution in [-0.4, -0.2) is 56.1 Å². The predicted octanol–water partition coefficient (Wildman–Crippen LogP) is 1.51. The van der Waals surface area contributed by atoms with Crippen LogP contribution < -0.4 is 5.32 Å². The van der Waals surface area contributed by atoms with Gasteiger partial charge >= 0.3 is 0 Å².